The Hall–Kier alpha value is 0.234. The summed E-state index contributed by atoms with van der Waals surface area (Å²) in [5.41, 5.74) is 0.210. The van der Waals surface area contributed by atoms with Crippen LogP contribution in [-0.4, -0.2) is 21.6 Å². The molecule has 124 valence electrons. The van der Waals surface area contributed by atoms with Crippen molar-refractivity contribution in [3.63, 3.8) is 0 Å². The first kappa shape index (κ1) is 22.2. The first-order chi connectivity index (χ1) is 9.94. The summed E-state index contributed by atoms with van der Waals surface area (Å²) in [6, 6.07) is 17.4. The van der Waals surface area contributed by atoms with E-state index < -0.39 is 16.1 Å². The van der Waals surface area contributed by atoms with E-state index in [1.807, 2.05) is 0 Å². The van der Waals surface area contributed by atoms with Crippen molar-refractivity contribution in [2.24, 2.45) is 0 Å². The Kier molecular flexibility index (Phi) is 10.3. The van der Waals surface area contributed by atoms with Crippen LogP contribution in [0.15, 0.2) is 48.5 Å². The van der Waals surface area contributed by atoms with E-state index in [0.29, 0.717) is 0 Å². The van der Waals surface area contributed by atoms with E-state index >= 15 is 0 Å². The molecule has 0 bridgehead atoms. The molecule has 0 fully saturated rings. The summed E-state index contributed by atoms with van der Waals surface area (Å²) in [6.07, 6.45) is 0. The van der Waals surface area contributed by atoms with E-state index in [9.17, 15) is 0 Å². The molecule has 0 aliphatic rings. The zero-order valence-electron chi connectivity index (χ0n) is 17.6. The van der Waals surface area contributed by atoms with Gasteiger partial charge in [-0.3, -0.25) is 0 Å². The fourth-order valence-corrected chi connectivity index (χ4v) is 4.13. The first-order valence-electron chi connectivity index (χ1n) is 7.90. The van der Waals surface area contributed by atoms with E-state index in [4.69, 9.17) is 0 Å². The van der Waals surface area contributed by atoms with Gasteiger partial charge in [-0.05, 0) is 0 Å². The molecule has 0 radical (unpaired) electrons. The molecule has 2 rings (SSSR count). The molecule has 0 saturated carbocycles. The maximum absolute atomic E-state index is 2.36. The Labute approximate surface area is 158 Å². The summed E-state index contributed by atoms with van der Waals surface area (Å²) in [6.45, 7) is 18.8. The van der Waals surface area contributed by atoms with Gasteiger partial charge in [0.15, 0.2) is 0 Å². The van der Waals surface area contributed by atoms with Crippen LogP contribution >= 0.6 is 0 Å². The molecule has 0 saturated heterocycles. The number of rotatable bonds is 2. The molecule has 0 N–H and O–H groups in total. The SMILES string of the molecule is C[Si](C)(C)c1cc[cH-]c1.C[Si](C)(C)c1cc[cH-]c1.C[Si](C)=[Zr+2].[H-].[H-]. The van der Waals surface area contributed by atoms with E-state index in [-0.39, 0.29) is 8.29 Å². The van der Waals surface area contributed by atoms with Crippen LogP contribution in [0.3, 0.4) is 0 Å². The fraction of sp³-hybridized carbons (Fsp3) is 0.444. The molecule has 0 aliphatic carbocycles. The summed E-state index contributed by atoms with van der Waals surface area (Å²) < 4.78 is 0. The van der Waals surface area contributed by atoms with Crippen molar-refractivity contribution in [1.82, 2.24) is 0 Å². The first-order valence-corrected chi connectivity index (χ1v) is 21.1. The van der Waals surface area contributed by atoms with Gasteiger partial charge in [0.25, 0.3) is 0 Å². The molecule has 2 aromatic carbocycles. The van der Waals surface area contributed by atoms with Gasteiger partial charge in [0.05, 0.1) is 0 Å². The van der Waals surface area contributed by atoms with Gasteiger partial charge in [-0.25, -0.2) is 22.5 Å². The summed E-state index contributed by atoms with van der Waals surface area (Å²) in [4.78, 5) is 0. The molecule has 0 spiro atoms. The van der Waals surface area contributed by atoms with Gasteiger partial charge in [0.2, 0.25) is 0 Å². The van der Waals surface area contributed by atoms with Crippen LogP contribution in [0.1, 0.15) is 2.85 Å². The summed E-state index contributed by atoms with van der Waals surface area (Å²) in [5.74, 6) is 0. The van der Waals surface area contributed by atoms with Crippen molar-refractivity contribution in [2.75, 3.05) is 0 Å². The van der Waals surface area contributed by atoms with Crippen molar-refractivity contribution in [3.05, 3.63) is 48.5 Å². The summed E-state index contributed by atoms with van der Waals surface area (Å²) in [7, 11) is -1.96. The minimum Gasteiger partial charge on any atom is -1.00 e. The van der Waals surface area contributed by atoms with Crippen LogP contribution in [0.4, 0.5) is 0 Å². The predicted molar refractivity (Wildman–Crippen MR) is 110 cm³/mol. The van der Waals surface area contributed by atoms with E-state index in [0.717, 1.165) is 0 Å². The topological polar surface area (TPSA) is 0 Å². The third kappa shape index (κ3) is 10.9. The minimum absolute atomic E-state index is 0. The molecule has 0 unspecified atom stereocenters. The van der Waals surface area contributed by atoms with Crippen molar-refractivity contribution in [1.29, 1.82) is 0 Å². The predicted octanol–water partition coefficient (Wildman–Crippen LogP) is 4.91. The largest absolute Gasteiger partial charge is 1.00 e. The van der Waals surface area contributed by atoms with Crippen molar-refractivity contribution >= 4 is 32.0 Å². The van der Waals surface area contributed by atoms with Crippen LogP contribution in [0, 0.1) is 0 Å². The van der Waals surface area contributed by atoms with Crippen LogP contribution in [-0.2, 0) is 23.3 Å². The monoisotopic (exact) mass is 424 g/mol. The molecule has 0 amide bonds. The maximum Gasteiger partial charge on any atom is -1.00 e. The van der Waals surface area contributed by atoms with Gasteiger partial charge in [-0.1, -0.05) is 39.3 Å². The number of hydrogen-bond donors (Lipinski definition) is 0. The second-order valence-corrected chi connectivity index (χ2v) is 27.4. The van der Waals surface area contributed by atoms with E-state index in [2.05, 4.69) is 101 Å². The van der Waals surface area contributed by atoms with Crippen molar-refractivity contribution in [2.45, 2.75) is 52.4 Å². The minimum atomic E-state index is -0.981. The summed E-state index contributed by atoms with van der Waals surface area (Å²) in [5, 5.41) is 3.12. The maximum atomic E-state index is 2.36. The molecule has 22 heavy (non-hydrogen) atoms. The Morgan fingerprint density at radius 1 is 0.818 bits per heavy atom. The normalized spacial score (nSPS) is 11.0. The smallest absolute Gasteiger partial charge is 1.00 e. The van der Waals surface area contributed by atoms with Gasteiger partial charge in [-0.2, -0.15) is 36.4 Å². The standard InChI is InChI=1S/2C8H13Si.C2H6Si.Zr.2H/c2*1-9(2,3)8-6-4-5-7-8;1-3-2;;;/h2*4-7H,1-3H3;1-2H3;;;/q2*-1;;+2;2*-1. The van der Waals surface area contributed by atoms with Gasteiger partial charge in [-0.15, -0.1) is 0 Å². The zero-order valence-corrected chi connectivity index (χ0v) is 21.1. The summed E-state index contributed by atoms with van der Waals surface area (Å²) >= 11 is 1.74. The average molecular weight is 426 g/mol. The molecule has 0 aliphatic heterocycles. The van der Waals surface area contributed by atoms with Gasteiger partial charge in [0.1, 0.15) is 0 Å². The van der Waals surface area contributed by atoms with Crippen LogP contribution < -0.4 is 10.4 Å². The van der Waals surface area contributed by atoms with Crippen LogP contribution in [0.2, 0.25) is 52.4 Å². The molecule has 0 aromatic heterocycles. The van der Waals surface area contributed by atoms with E-state index in [1.54, 1.807) is 33.7 Å². The number of hydrogen-bond acceptors (Lipinski definition) is 0. The molecule has 4 heteroatoms. The Morgan fingerprint density at radius 3 is 1.18 bits per heavy atom. The van der Waals surface area contributed by atoms with Gasteiger partial charge >= 0.3 is 41.9 Å². The second kappa shape index (κ2) is 10.2. The average Bonchev–Trinajstić information content (AvgIpc) is 3.02. The second-order valence-electron chi connectivity index (χ2n) is 7.85. The molecule has 0 atom stereocenters. The van der Waals surface area contributed by atoms with Crippen molar-refractivity contribution < 1.29 is 26.2 Å². The van der Waals surface area contributed by atoms with Gasteiger partial charge in [0, 0.05) is 16.1 Å². The van der Waals surface area contributed by atoms with E-state index in [1.165, 1.54) is 0 Å². The van der Waals surface area contributed by atoms with Crippen molar-refractivity contribution in [3.8, 4) is 0 Å². The molecule has 0 heterocycles. The third-order valence-electron chi connectivity index (χ3n) is 3.06. The van der Waals surface area contributed by atoms with Crippen LogP contribution in [0.5, 0.6) is 0 Å². The fourth-order valence-electron chi connectivity index (χ4n) is 1.75. The third-order valence-corrected chi connectivity index (χ3v) is 7.19. The van der Waals surface area contributed by atoms with Gasteiger partial charge < -0.3 is 2.85 Å². The molecule has 2 aromatic rings. The Morgan fingerprint density at radius 2 is 1.09 bits per heavy atom. The zero-order chi connectivity index (χ0) is 17.4. The Balaban J connectivity index is -0.000000283. The van der Waals surface area contributed by atoms with Crippen LogP contribution in [0.25, 0.3) is 0 Å². The molecule has 0 nitrogen and oxygen atoms in total. The molecular formula is C18H34Si3Zr-2. The molecular weight excluding hydrogens is 392 g/mol. The quantitative estimate of drug-likeness (QED) is 0.473. The Bertz CT molecular complexity index is 473.